The van der Waals surface area contributed by atoms with Crippen molar-refractivity contribution in [2.75, 3.05) is 19.7 Å². The Morgan fingerprint density at radius 1 is 1.36 bits per heavy atom. The molecule has 0 aliphatic rings. The smallest absolute Gasteiger partial charge is 0.0431 e. The lowest BCUT2D eigenvalue weighted by Crippen LogP contribution is -2.32. The van der Waals surface area contributed by atoms with Crippen LogP contribution in [0.25, 0.3) is 0 Å². The molecule has 0 spiro atoms. The van der Waals surface area contributed by atoms with E-state index >= 15 is 0 Å². The fourth-order valence-electron chi connectivity index (χ4n) is 1.25. The number of nitrogens with zero attached hydrogens (tertiary/aromatic N) is 1. The van der Waals surface area contributed by atoms with Crippen molar-refractivity contribution in [3.63, 3.8) is 0 Å². The Morgan fingerprint density at radius 3 is 2.27 bits per heavy atom. The highest BCUT2D eigenvalue weighted by Crippen LogP contribution is 2.04. The van der Waals surface area contributed by atoms with Crippen molar-refractivity contribution < 1.29 is 5.11 Å². The van der Waals surface area contributed by atoms with Gasteiger partial charge < -0.3 is 10.0 Å². The topological polar surface area (TPSA) is 23.5 Å². The van der Waals surface area contributed by atoms with Gasteiger partial charge in [-0.2, -0.15) is 0 Å². The lowest BCUT2D eigenvalue weighted by Gasteiger charge is -2.25. The second-order valence-corrected chi connectivity index (χ2v) is 2.74. The molecule has 0 heterocycles. The highest BCUT2D eigenvalue weighted by atomic mass is 16.2. The minimum absolute atomic E-state index is 0.285. The van der Waals surface area contributed by atoms with Crippen LogP contribution in [0.15, 0.2) is 0 Å². The Hall–Kier alpha value is -0.0800. The zero-order chi connectivity index (χ0) is 8.69. The molecule has 1 unspecified atom stereocenters. The van der Waals surface area contributed by atoms with E-state index in [0.29, 0.717) is 6.04 Å². The van der Waals surface area contributed by atoms with E-state index in [-0.39, 0.29) is 6.61 Å². The largest absolute Gasteiger partial charge is 0.396 e. The van der Waals surface area contributed by atoms with Crippen LogP contribution in [0.3, 0.4) is 0 Å². The van der Waals surface area contributed by atoms with Gasteiger partial charge in [0.2, 0.25) is 0 Å². The summed E-state index contributed by atoms with van der Waals surface area (Å²) in [5, 5.41) is 8.60. The molecule has 0 fully saturated rings. The fourth-order valence-corrected chi connectivity index (χ4v) is 1.25. The van der Waals surface area contributed by atoms with Gasteiger partial charge in [0.05, 0.1) is 0 Å². The van der Waals surface area contributed by atoms with Crippen LogP contribution in [0.4, 0.5) is 0 Å². The average molecular weight is 158 g/mol. The van der Waals surface area contributed by atoms with Crippen molar-refractivity contribution in [3.8, 4) is 0 Å². The summed E-state index contributed by atoms with van der Waals surface area (Å²) in [6, 6.07) is 0.372. The van der Waals surface area contributed by atoms with Gasteiger partial charge >= 0.3 is 0 Å². The van der Waals surface area contributed by atoms with Crippen LogP contribution in [0.5, 0.6) is 0 Å². The maximum atomic E-state index is 8.60. The lowest BCUT2D eigenvalue weighted by molar-refractivity contribution is 0.216. The molecule has 0 amide bonds. The van der Waals surface area contributed by atoms with Gasteiger partial charge in [-0.05, 0) is 32.9 Å². The van der Waals surface area contributed by atoms with Crippen molar-refractivity contribution in [3.05, 3.63) is 6.92 Å². The van der Waals surface area contributed by atoms with E-state index in [2.05, 4.69) is 25.7 Å². The molecule has 1 N–H and O–H groups in total. The van der Waals surface area contributed by atoms with E-state index in [4.69, 9.17) is 5.11 Å². The second kappa shape index (κ2) is 6.62. The molecule has 0 rings (SSSR count). The van der Waals surface area contributed by atoms with Crippen LogP contribution in [-0.4, -0.2) is 35.7 Å². The summed E-state index contributed by atoms with van der Waals surface area (Å²) in [6.07, 6.45) is 1.86. The van der Waals surface area contributed by atoms with Crippen LogP contribution >= 0.6 is 0 Å². The monoisotopic (exact) mass is 158 g/mol. The molecule has 0 aromatic rings. The maximum absolute atomic E-state index is 8.60. The Morgan fingerprint density at radius 2 is 1.91 bits per heavy atom. The molecule has 0 aromatic carbocycles. The Balaban J connectivity index is 3.51. The van der Waals surface area contributed by atoms with Gasteiger partial charge in [-0.1, -0.05) is 13.8 Å². The number of hydrogen-bond acceptors (Lipinski definition) is 2. The highest BCUT2D eigenvalue weighted by Gasteiger charge is 2.08. The van der Waals surface area contributed by atoms with Gasteiger partial charge in [-0.25, -0.2) is 0 Å². The van der Waals surface area contributed by atoms with E-state index in [0.717, 1.165) is 25.9 Å². The number of hydrogen-bond donors (Lipinski definition) is 1. The Kier molecular flexibility index (Phi) is 6.57. The number of aliphatic hydroxyl groups is 1. The molecule has 0 bridgehead atoms. The van der Waals surface area contributed by atoms with Crippen molar-refractivity contribution in [2.45, 2.75) is 32.7 Å². The van der Waals surface area contributed by atoms with Gasteiger partial charge in [-0.3, -0.25) is 0 Å². The molecule has 1 radical (unpaired) electrons. The molecule has 0 saturated heterocycles. The molecule has 0 saturated carbocycles. The van der Waals surface area contributed by atoms with Gasteiger partial charge in [0.15, 0.2) is 0 Å². The Labute approximate surface area is 70.2 Å². The maximum Gasteiger partial charge on any atom is 0.0431 e. The zero-order valence-electron chi connectivity index (χ0n) is 7.71. The van der Waals surface area contributed by atoms with E-state index in [1.807, 2.05) is 0 Å². The Bertz CT molecular complexity index is 81.6. The van der Waals surface area contributed by atoms with Gasteiger partial charge in [0, 0.05) is 12.6 Å². The highest BCUT2D eigenvalue weighted by molar-refractivity contribution is 4.71. The van der Waals surface area contributed by atoms with E-state index in [1.165, 1.54) is 0 Å². The molecule has 0 aliphatic heterocycles. The summed E-state index contributed by atoms with van der Waals surface area (Å²) in [5.74, 6) is 0. The minimum Gasteiger partial charge on any atom is -0.396 e. The second-order valence-electron chi connectivity index (χ2n) is 2.74. The molecular formula is C9H20NO. The lowest BCUT2D eigenvalue weighted by atomic mass is 10.1. The fraction of sp³-hybridized carbons (Fsp3) is 0.889. The van der Waals surface area contributed by atoms with Crippen molar-refractivity contribution >= 4 is 0 Å². The summed E-state index contributed by atoms with van der Waals surface area (Å²) in [4.78, 5) is 2.30. The molecule has 0 aromatic heterocycles. The summed E-state index contributed by atoms with van der Waals surface area (Å²) in [6.45, 7) is 10.7. The number of rotatable bonds is 6. The van der Waals surface area contributed by atoms with Crippen LogP contribution < -0.4 is 0 Å². The van der Waals surface area contributed by atoms with Gasteiger partial charge in [-0.15, -0.1) is 0 Å². The molecule has 2 heteroatoms. The predicted octanol–water partition coefficient (Wildman–Crippen LogP) is 1.30. The van der Waals surface area contributed by atoms with Gasteiger partial charge in [0.1, 0.15) is 0 Å². The van der Waals surface area contributed by atoms with Gasteiger partial charge in [0.25, 0.3) is 0 Å². The van der Waals surface area contributed by atoms with E-state index in [9.17, 15) is 0 Å². The molecule has 11 heavy (non-hydrogen) atoms. The van der Waals surface area contributed by atoms with Crippen molar-refractivity contribution in [1.82, 2.24) is 4.90 Å². The standard InChI is InChI=1S/C9H20NO/c1-4-10(5-2)9(3)7-6-8-11/h9,11H,3-8H2,1-2H3. The summed E-state index contributed by atoms with van der Waals surface area (Å²) in [5.41, 5.74) is 0. The zero-order valence-corrected chi connectivity index (χ0v) is 7.71. The number of aliphatic hydroxyl groups excluding tert-OH is 1. The molecule has 2 nitrogen and oxygen atoms in total. The summed E-state index contributed by atoms with van der Waals surface area (Å²) in [7, 11) is 0. The third-order valence-electron chi connectivity index (χ3n) is 2.02. The van der Waals surface area contributed by atoms with Crippen LogP contribution in [0.1, 0.15) is 26.7 Å². The minimum atomic E-state index is 0.285. The first kappa shape index (κ1) is 10.9. The first-order valence-electron chi connectivity index (χ1n) is 4.44. The van der Waals surface area contributed by atoms with Crippen LogP contribution in [0, 0.1) is 6.92 Å². The van der Waals surface area contributed by atoms with Crippen molar-refractivity contribution in [2.24, 2.45) is 0 Å². The normalized spacial score (nSPS) is 13.9. The average Bonchev–Trinajstić information content (AvgIpc) is 2.03. The molecular weight excluding hydrogens is 138 g/mol. The van der Waals surface area contributed by atoms with E-state index < -0.39 is 0 Å². The first-order chi connectivity index (χ1) is 5.26. The SMILES string of the molecule is [CH2]C(CCCO)N(CC)CC. The van der Waals surface area contributed by atoms with Crippen LogP contribution in [-0.2, 0) is 0 Å². The summed E-state index contributed by atoms with van der Waals surface area (Å²) >= 11 is 0. The predicted molar refractivity (Wildman–Crippen MR) is 48.4 cm³/mol. The molecule has 1 atom stereocenters. The first-order valence-corrected chi connectivity index (χ1v) is 4.44. The summed E-state index contributed by atoms with van der Waals surface area (Å²) < 4.78 is 0. The van der Waals surface area contributed by atoms with Crippen LogP contribution in [0.2, 0.25) is 0 Å². The van der Waals surface area contributed by atoms with E-state index in [1.54, 1.807) is 0 Å². The molecule has 0 aliphatic carbocycles. The third kappa shape index (κ3) is 4.38. The quantitative estimate of drug-likeness (QED) is 0.630. The van der Waals surface area contributed by atoms with Crippen molar-refractivity contribution in [1.29, 1.82) is 0 Å². The molecule has 67 valence electrons. The third-order valence-corrected chi connectivity index (χ3v) is 2.02.